The van der Waals surface area contributed by atoms with E-state index in [1.807, 2.05) is 13.8 Å². The lowest BCUT2D eigenvalue weighted by Crippen LogP contribution is -2.56. The summed E-state index contributed by atoms with van der Waals surface area (Å²) in [6.45, 7) is 5.44. The molecule has 5 nitrogen and oxygen atoms in total. The van der Waals surface area contributed by atoms with Crippen molar-refractivity contribution in [2.45, 2.75) is 32.4 Å². The SMILES string of the molecule is CNC(C)(C)C(C)N(O)C(N)=O. The summed E-state index contributed by atoms with van der Waals surface area (Å²) < 4.78 is 0. The Hall–Kier alpha value is -0.810. The van der Waals surface area contributed by atoms with Crippen LogP contribution in [0.15, 0.2) is 0 Å². The lowest BCUT2D eigenvalue weighted by atomic mass is 9.96. The van der Waals surface area contributed by atoms with Gasteiger partial charge in [-0.15, -0.1) is 0 Å². The van der Waals surface area contributed by atoms with E-state index in [0.29, 0.717) is 5.06 Å². The second-order valence-corrected chi connectivity index (χ2v) is 3.33. The molecule has 72 valence electrons. The molecule has 0 radical (unpaired) electrons. The number of carbonyl (C=O) groups is 1. The summed E-state index contributed by atoms with van der Waals surface area (Å²) >= 11 is 0. The molecule has 0 aliphatic heterocycles. The summed E-state index contributed by atoms with van der Waals surface area (Å²) in [4.78, 5) is 10.6. The summed E-state index contributed by atoms with van der Waals surface area (Å²) in [5.74, 6) is 0. The van der Waals surface area contributed by atoms with Crippen molar-refractivity contribution in [2.24, 2.45) is 5.73 Å². The Labute approximate surface area is 72.5 Å². The first-order valence-corrected chi connectivity index (χ1v) is 3.79. The maximum Gasteiger partial charge on any atom is 0.338 e. The number of hydrogen-bond acceptors (Lipinski definition) is 3. The zero-order valence-electron chi connectivity index (χ0n) is 7.96. The number of nitrogens with two attached hydrogens (primary N) is 1. The van der Waals surface area contributed by atoms with Gasteiger partial charge in [0.2, 0.25) is 0 Å². The molecule has 0 bridgehead atoms. The second kappa shape index (κ2) is 3.73. The van der Waals surface area contributed by atoms with Crippen LogP contribution in [0.3, 0.4) is 0 Å². The third kappa shape index (κ3) is 2.35. The molecule has 1 unspecified atom stereocenters. The zero-order valence-corrected chi connectivity index (χ0v) is 7.96. The Bertz CT molecular complexity index is 170. The fourth-order valence-corrected chi connectivity index (χ4v) is 0.705. The van der Waals surface area contributed by atoms with Crippen molar-refractivity contribution < 1.29 is 10.0 Å². The van der Waals surface area contributed by atoms with Gasteiger partial charge in [0.25, 0.3) is 0 Å². The molecule has 4 N–H and O–H groups in total. The standard InChI is InChI=1S/C7H17N3O2/c1-5(7(2,3)9-4)10(12)6(8)11/h5,9,12H,1-4H3,(H2,8,11). The number of amides is 2. The van der Waals surface area contributed by atoms with Crippen LogP contribution in [0.1, 0.15) is 20.8 Å². The minimum atomic E-state index is -0.842. The highest BCUT2D eigenvalue weighted by atomic mass is 16.5. The van der Waals surface area contributed by atoms with Gasteiger partial charge in [-0.25, -0.2) is 9.86 Å². The van der Waals surface area contributed by atoms with Gasteiger partial charge in [0, 0.05) is 5.54 Å². The van der Waals surface area contributed by atoms with Gasteiger partial charge in [-0.1, -0.05) is 0 Å². The van der Waals surface area contributed by atoms with Crippen LogP contribution in [0, 0.1) is 0 Å². The van der Waals surface area contributed by atoms with Gasteiger partial charge in [0.15, 0.2) is 0 Å². The van der Waals surface area contributed by atoms with Crippen LogP contribution in [-0.4, -0.2) is 34.9 Å². The second-order valence-electron chi connectivity index (χ2n) is 3.33. The molecule has 0 spiro atoms. The van der Waals surface area contributed by atoms with Gasteiger partial charge in [-0.2, -0.15) is 0 Å². The van der Waals surface area contributed by atoms with Crippen LogP contribution < -0.4 is 11.1 Å². The molecular weight excluding hydrogens is 158 g/mol. The highest BCUT2D eigenvalue weighted by Crippen LogP contribution is 2.12. The maximum atomic E-state index is 10.6. The number of hydrogen-bond donors (Lipinski definition) is 3. The van der Waals surface area contributed by atoms with Crippen molar-refractivity contribution in [2.75, 3.05) is 7.05 Å². The van der Waals surface area contributed by atoms with Crippen molar-refractivity contribution in [3.63, 3.8) is 0 Å². The summed E-state index contributed by atoms with van der Waals surface area (Å²) in [6, 6.07) is -1.22. The summed E-state index contributed by atoms with van der Waals surface area (Å²) in [7, 11) is 1.76. The number of primary amides is 1. The van der Waals surface area contributed by atoms with Gasteiger partial charge in [0.1, 0.15) is 0 Å². The van der Waals surface area contributed by atoms with E-state index in [4.69, 9.17) is 5.73 Å². The van der Waals surface area contributed by atoms with Crippen molar-refractivity contribution in [3.8, 4) is 0 Å². The van der Waals surface area contributed by atoms with Gasteiger partial charge in [-0.05, 0) is 27.8 Å². The predicted octanol–water partition coefficient (Wildman–Crippen LogP) is 0.143. The minimum Gasteiger partial charge on any atom is -0.350 e. The Morgan fingerprint density at radius 2 is 2.08 bits per heavy atom. The van der Waals surface area contributed by atoms with Gasteiger partial charge in [-0.3, -0.25) is 5.21 Å². The van der Waals surface area contributed by atoms with E-state index < -0.39 is 6.03 Å². The van der Waals surface area contributed by atoms with E-state index in [0.717, 1.165) is 0 Å². The van der Waals surface area contributed by atoms with E-state index in [-0.39, 0.29) is 11.6 Å². The molecule has 0 rings (SSSR count). The average Bonchev–Trinajstić information content (AvgIpc) is 2.01. The molecule has 0 saturated carbocycles. The quantitative estimate of drug-likeness (QED) is 0.422. The number of urea groups is 1. The number of carbonyl (C=O) groups excluding carboxylic acids is 1. The van der Waals surface area contributed by atoms with E-state index in [2.05, 4.69) is 5.32 Å². The monoisotopic (exact) mass is 175 g/mol. The molecular formula is C7H17N3O2. The third-order valence-corrected chi connectivity index (χ3v) is 2.28. The Morgan fingerprint density at radius 3 is 2.33 bits per heavy atom. The topological polar surface area (TPSA) is 78.6 Å². The van der Waals surface area contributed by atoms with Crippen molar-refractivity contribution in [1.29, 1.82) is 0 Å². The molecule has 2 amide bonds. The van der Waals surface area contributed by atoms with E-state index >= 15 is 0 Å². The van der Waals surface area contributed by atoms with Crippen LogP contribution in [0.5, 0.6) is 0 Å². The fraction of sp³-hybridized carbons (Fsp3) is 0.857. The van der Waals surface area contributed by atoms with Gasteiger partial charge >= 0.3 is 6.03 Å². The molecule has 12 heavy (non-hydrogen) atoms. The number of likely N-dealkylation sites (N-methyl/N-ethyl adjacent to an activating group) is 1. The van der Waals surface area contributed by atoms with Crippen LogP contribution in [0.25, 0.3) is 0 Å². The van der Waals surface area contributed by atoms with Gasteiger partial charge in [0.05, 0.1) is 6.04 Å². The van der Waals surface area contributed by atoms with Crippen LogP contribution in [0.4, 0.5) is 4.79 Å². The van der Waals surface area contributed by atoms with E-state index in [1.54, 1.807) is 14.0 Å². The molecule has 0 fully saturated rings. The van der Waals surface area contributed by atoms with Gasteiger partial charge < -0.3 is 11.1 Å². The van der Waals surface area contributed by atoms with Crippen molar-refractivity contribution in [3.05, 3.63) is 0 Å². The van der Waals surface area contributed by atoms with E-state index in [9.17, 15) is 10.0 Å². The molecule has 1 atom stereocenters. The molecule has 0 aromatic heterocycles. The Balaban J connectivity index is 4.37. The molecule has 0 aromatic carbocycles. The smallest absolute Gasteiger partial charge is 0.338 e. The largest absolute Gasteiger partial charge is 0.350 e. The Kier molecular flexibility index (Phi) is 3.48. The maximum absolute atomic E-state index is 10.6. The number of nitrogens with one attached hydrogen (secondary N) is 1. The zero-order chi connectivity index (χ0) is 9.94. The minimum absolute atomic E-state index is 0.371. The highest BCUT2D eigenvalue weighted by Gasteiger charge is 2.30. The van der Waals surface area contributed by atoms with Crippen molar-refractivity contribution in [1.82, 2.24) is 10.4 Å². The van der Waals surface area contributed by atoms with Crippen LogP contribution >= 0.6 is 0 Å². The lowest BCUT2D eigenvalue weighted by molar-refractivity contribution is -0.0902. The molecule has 0 aromatic rings. The molecule has 0 saturated heterocycles. The summed E-state index contributed by atoms with van der Waals surface area (Å²) in [6.07, 6.45) is 0. The first-order valence-electron chi connectivity index (χ1n) is 3.79. The fourth-order valence-electron chi connectivity index (χ4n) is 0.705. The summed E-state index contributed by atoms with van der Waals surface area (Å²) in [5, 5.41) is 12.7. The third-order valence-electron chi connectivity index (χ3n) is 2.28. The lowest BCUT2D eigenvalue weighted by Gasteiger charge is -2.35. The number of rotatable bonds is 3. The molecule has 0 aliphatic rings. The highest BCUT2D eigenvalue weighted by molar-refractivity contribution is 5.71. The first kappa shape index (κ1) is 11.2. The van der Waals surface area contributed by atoms with Crippen molar-refractivity contribution >= 4 is 6.03 Å². The Morgan fingerprint density at radius 1 is 1.67 bits per heavy atom. The normalized spacial score (nSPS) is 14.1. The van der Waals surface area contributed by atoms with Crippen LogP contribution in [-0.2, 0) is 0 Å². The average molecular weight is 175 g/mol. The number of hydroxylamine groups is 2. The van der Waals surface area contributed by atoms with E-state index in [1.165, 1.54) is 0 Å². The molecule has 5 heteroatoms. The number of nitrogens with zero attached hydrogens (tertiary/aromatic N) is 1. The first-order chi connectivity index (χ1) is 5.33. The summed E-state index contributed by atoms with van der Waals surface area (Å²) in [5.41, 5.74) is 4.53. The molecule has 0 aliphatic carbocycles. The predicted molar refractivity (Wildman–Crippen MR) is 45.8 cm³/mol. The molecule has 0 heterocycles. The van der Waals surface area contributed by atoms with Crippen LogP contribution in [0.2, 0.25) is 0 Å².